The van der Waals surface area contributed by atoms with E-state index in [0.29, 0.717) is 0 Å². The Hall–Kier alpha value is -0.170. The molecule has 2 heteroatoms. The van der Waals surface area contributed by atoms with Gasteiger partial charge in [0.2, 0.25) is 0 Å². The van der Waals surface area contributed by atoms with E-state index in [1.165, 1.54) is 0 Å². The molecule has 0 radical (unpaired) electrons. The van der Waals surface area contributed by atoms with Crippen LogP contribution in [-0.4, -0.2) is 17.4 Å². The van der Waals surface area contributed by atoms with Crippen molar-refractivity contribution in [2.24, 2.45) is 5.41 Å². The van der Waals surface area contributed by atoms with Crippen LogP contribution in [0.3, 0.4) is 0 Å². The molecule has 1 nitrogen and oxygen atoms in total. The Balaban J connectivity index is 2.74. The highest BCUT2D eigenvalue weighted by Crippen LogP contribution is 2.34. The van der Waals surface area contributed by atoms with E-state index >= 15 is 0 Å². The van der Waals surface area contributed by atoms with Crippen molar-refractivity contribution < 1.29 is 0 Å². The highest BCUT2D eigenvalue weighted by molar-refractivity contribution is 6.21. The largest absolute Gasteiger partial charge is 0.364 e. The van der Waals surface area contributed by atoms with Crippen LogP contribution in [0.2, 0.25) is 0 Å². The van der Waals surface area contributed by atoms with Crippen LogP contribution < -0.4 is 0 Å². The average Bonchev–Trinajstić information content (AvgIpc) is 1.97. The summed E-state index contributed by atoms with van der Waals surface area (Å²) < 4.78 is 0. The number of hydrogen-bond donors (Lipinski definition) is 0. The predicted molar refractivity (Wildman–Crippen MR) is 40.3 cm³/mol. The van der Waals surface area contributed by atoms with Crippen molar-refractivity contribution >= 4 is 11.6 Å². The molecule has 1 unspecified atom stereocenters. The molecule has 1 aliphatic rings. The molecule has 1 aliphatic heterocycles. The van der Waals surface area contributed by atoms with Crippen molar-refractivity contribution in [3.8, 4) is 0 Å². The van der Waals surface area contributed by atoms with Gasteiger partial charge in [-0.05, 0) is 6.20 Å². The summed E-state index contributed by atoms with van der Waals surface area (Å²) in [5.41, 5.74) is 0.258. The predicted octanol–water partition coefficient (Wildman–Crippen LogP) is 2.04. The van der Waals surface area contributed by atoms with Crippen molar-refractivity contribution in [2.75, 3.05) is 7.05 Å². The first kappa shape index (κ1) is 6.94. The number of rotatable bonds is 0. The van der Waals surface area contributed by atoms with Crippen molar-refractivity contribution in [3.05, 3.63) is 12.3 Å². The molecule has 0 aromatic rings. The third-order valence-corrected chi connectivity index (χ3v) is 2.58. The molecule has 0 N–H and O–H groups in total. The minimum Gasteiger partial charge on any atom is -0.364 e. The van der Waals surface area contributed by atoms with Gasteiger partial charge in [-0.3, -0.25) is 0 Å². The van der Waals surface area contributed by atoms with Gasteiger partial charge in [0.15, 0.2) is 0 Å². The molecule has 0 aliphatic carbocycles. The molecule has 0 fully saturated rings. The quantitative estimate of drug-likeness (QED) is 0.373. The lowest BCUT2D eigenvalue weighted by Gasteiger charge is -2.25. The van der Waals surface area contributed by atoms with E-state index in [4.69, 9.17) is 11.6 Å². The second kappa shape index (κ2) is 1.91. The van der Waals surface area contributed by atoms with Gasteiger partial charge < -0.3 is 4.90 Å². The first-order valence-corrected chi connectivity index (χ1v) is 3.53. The Labute approximate surface area is 61.3 Å². The van der Waals surface area contributed by atoms with Crippen LogP contribution in [0.25, 0.3) is 0 Å². The second-order valence-electron chi connectivity index (χ2n) is 3.14. The summed E-state index contributed by atoms with van der Waals surface area (Å²) in [7, 11) is 1.99. The highest BCUT2D eigenvalue weighted by atomic mass is 35.5. The number of halogens is 1. The van der Waals surface area contributed by atoms with Gasteiger partial charge in [0.05, 0.1) is 0 Å². The van der Waals surface area contributed by atoms with Crippen LogP contribution in [0.5, 0.6) is 0 Å². The van der Waals surface area contributed by atoms with E-state index < -0.39 is 0 Å². The summed E-state index contributed by atoms with van der Waals surface area (Å²) >= 11 is 6.02. The molecule has 1 rings (SSSR count). The molecular weight excluding hydrogens is 134 g/mol. The standard InChI is InChI=1S/C7H12ClN/c1-7(2)4-5-9(3)6(7)8/h4-6H,1-3H3. The van der Waals surface area contributed by atoms with E-state index in [0.717, 1.165) is 0 Å². The molecule has 0 bridgehead atoms. The summed E-state index contributed by atoms with van der Waals surface area (Å²) in [6.07, 6.45) is 4.16. The number of nitrogens with zero attached hydrogens (tertiary/aromatic N) is 1. The lowest BCUT2D eigenvalue weighted by atomic mass is 9.96. The molecule has 0 saturated heterocycles. The third-order valence-electron chi connectivity index (χ3n) is 1.71. The van der Waals surface area contributed by atoms with Crippen molar-refractivity contribution in [2.45, 2.75) is 19.3 Å². The molecule has 1 heterocycles. The first-order valence-electron chi connectivity index (χ1n) is 3.09. The van der Waals surface area contributed by atoms with Crippen LogP contribution in [0, 0.1) is 5.41 Å². The summed E-state index contributed by atoms with van der Waals surface area (Å²) in [5, 5.41) is 0. The van der Waals surface area contributed by atoms with Gasteiger partial charge in [-0.15, -0.1) is 0 Å². The van der Waals surface area contributed by atoms with E-state index in [1.54, 1.807) is 0 Å². The Morgan fingerprint density at radius 3 is 2.22 bits per heavy atom. The van der Waals surface area contributed by atoms with Crippen molar-refractivity contribution in [1.82, 2.24) is 4.90 Å². The number of hydrogen-bond acceptors (Lipinski definition) is 1. The molecule has 9 heavy (non-hydrogen) atoms. The second-order valence-corrected chi connectivity index (χ2v) is 3.55. The smallest absolute Gasteiger partial charge is 0.112 e. The van der Waals surface area contributed by atoms with Crippen LogP contribution in [0.4, 0.5) is 0 Å². The molecule has 0 amide bonds. The van der Waals surface area contributed by atoms with E-state index in [9.17, 15) is 0 Å². The highest BCUT2D eigenvalue weighted by Gasteiger charge is 2.31. The fourth-order valence-corrected chi connectivity index (χ4v) is 1.13. The molecule has 52 valence electrons. The minimum absolute atomic E-state index is 0.123. The maximum Gasteiger partial charge on any atom is 0.112 e. The molecule has 0 saturated carbocycles. The van der Waals surface area contributed by atoms with E-state index in [-0.39, 0.29) is 10.9 Å². The zero-order chi connectivity index (χ0) is 7.07. The Morgan fingerprint density at radius 2 is 2.11 bits per heavy atom. The monoisotopic (exact) mass is 145 g/mol. The van der Waals surface area contributed by atoms with Gasteiger partial charge in [0.25, 0.3) is 0 Å². The normalized spacial score (nSPS) is 31.6. The molecular formula is C7H12ClN. The van der Waals surface area contributed by atoms with Gasteiger partial charge in [-0.2, -0.15) is 0 Å². The van der Waals surface area contributed by atoms with E-state index in [2.05, 4.69) is 19.9 Å². The Kier molecular flexibility index (Phi) is 1.47. The molecule has 0 aromatic heterocycles. The molecule has 0 aromatic carbocycles. The summed E-state index contributed by atoms with van der Waals surface area (Å²) in [5.74, 6) is 0. The van der Waals surface area contributed by atoms with Crippen LogP contribution in [-0.2, 0) is 0 Å². The van der Waals surface area contributed by atoms with Gasteiger partial charge in [0, 0.05) is 12.5 Å². The third kappa shape index (κ3) is 1.06. The summed E-state index contributed by atoms with van der Waals surface area (Å²) in [6, 6.07) is 0. The van der Waals surface area contributed by atoms with Crippen LogP contribution in [0.1, 0.15) is 13.8 Å². The van der Waals surface area contributed by atoms with Gasteiger partial charge in [-0.1, -0.05) is 31.5 Å². The fourth-order valence-electron chi connectivity index (χ4n) is 0.989. The van der Waals surface area contributed by atoms with Crippen molar-refractivity contribution in [1.29, 1.82) is 0 Å². The Morgan fingerprint density at radius 1 is 1.56 bits per heavy atom. The van der Waals surface area contributed by atoms with Crippen molar-refractivity contribution in [3.63, 3.8) is 0 Å². The van der Waals surface area contributed by atoms with Gasteiger partial charge in [-0.25, -0.2) is 0 Å². The SMILES string of the molecule is CN1C=CC(C)(C)C1Cl. The van der Waals surface area contributed by atoms with Crippen LogP contribution in [0.15, 0.2) is 12.3 Å². The minimum atomic E-state index is 0.123. The maximum atomic E-state index is 6.02. The van der Waals surface area contributed by atoms with Crippen LogP contribution >= 0.6 is 11.6 Å². The summed E-state index contributed by atoms with van der Waals surface area (Å²) in [4.78, 5) is 2.02. The maximum absolute atomic E-state index is 6.02. The summed E-state index contributed by atoms with van der Waals surface area (Å²) in [6.45, 7) is 4.26. The number of alkyl halides is 1. The lowest BCUT2D eigenvalue weighted by molar-refractivity contribution is 0.319. The lowest BCUT2D eigenvalue weighted by Crippen LogP contribution is -2.28. The zero-order valence-electron chi connectivity index (χ0n) is 6.06. The fraction of sp³-hybridized carbons (Fsp3) is 0.714. The zero-order valence-corrected chi connectivity index (χ0v) is 6.81. The van der Waals surface area contributed by atoms with Gasteiger partial charge in [0.1, 0.15) is 5.50 Å². The Bertz CT molecular complexity index is 140. The first-order chi connectivity index (χ1) is 4.04. The van der Waals surface area contributed by atoms with Gasteiger partial charge >= 0.3 is 0 Å². The van der Waals surface area contributed by atoms with E-state index in [1.807, 2.05) is 18.1 Å². The average molecular weight is 146 g/mol. The topological polar surface area (TPSA) is 3.24 Å². The molecule has 1 atom stereocenters. The molecule has 0 spiro atoms.